The zero-order chi connectivity index (χ0) is 23.3. The van der Waals surface area contributed by atoms with Crippen LogP contribution in [-0.2, 0) is 4.74 Å². The van der Waals surface area contributed by atoms with Crippen molar-refractivity contribution in [3.8, 4) is 0 Å². The minimum atomic E-state index is -0.141. The largest absolute Gasteiger partial charge is 0.459 e. The first-order valence-corrected chi connectivity index (χ1v) is 14.2. The van der Waals surface area contributed by atoms with E-state index in [-0.39, 0.29) is 12.1 Å². The van der Waals surface area contributed by atoms with Crippen LogP contribution in [0.2, 0.25) is 0 Å². The zero-order valence-electron chi connectivity index (χ0n) is 21.5. The number of hydrogen-bond donors (Lipinski definition) is 0. The van der Waals surface area contributed by atoms with E-state index >= 15 is 0 Å². The molecule has 0 aromatic heterocycles. The van der Waals surface area contributed by atoms with Gasteiger partial charge in [-0.15, -0.1) is 0 Å². The van der Waals surface area contributed by atoms with Gasteiger partial charge in [-0.1, -0.05) is 96.3 Å². The van der Waals surface area contributed by atoms with Crippen LogP contribution < -0.4 is 0 Å². The van der Waals surface area contributed by atoms with Crippen molar-refractivity contribution in [1.29, 1.82) is 0 Å². The highest BCUT2D eigenvalue weighted by atomic mass is 16.5. The van der Waals surface area contributed by atoms with Gasteiger partial charge >= 0.3 is 5.97 Å². The first-order valence-electron chi connectivity index (χ1n) is 14.2. The molecule has 3 rings (SSSR count). The Labute approximate surface area is 203 Å². The van der Waals surface area contributed by atoms with E-state index in [0.29, 0.717) is 5.56 Å². The summed E-state index contributed by atoms with van der Waals surface area (Å²) in [4.78, 5) is 12.7. The highest BCUT2D eigenvalue weighted by Gasteiger charge is 2.24. The van der Waals surface area contributed by atoms with Gasteiger partial charge < -0.3 is 4.74 Å². The average Bonchev–Trinajstić information content (AvgIpc) is 2.86. The maximum atomic E-state index is 12.7. The second kappa shape index (κ2) is 14.6. The summed E-state index contributed by atoms with van der Waals surface area (Å²) < 4.78 is 5.87. The summed E-state index contributed by atoms with van der Waals surface area (Å²) in [6.07, 6.45) is 24.4. The molecule has 1 atom stereocenters. The first kappa shape index (κ1) is 26.0. The number of esters is 1. The molecule has 1 unspecified atom stereocenters. The van der Waals surface area contributed by atoms with Crippen LogP contribution >= 0.6 is 0 Å². The van der Waals surface area contributed by atoms with Crippen molar-refractivity contribution in [2.45, 2.75) is 129 Å². The number of rotatable bonds is 13. The smallest absolute Gasteiger partial charge is 0.338 e. The van der Waals surface area contributed by atoms with E-state index in [1.165, 1.54) is 107 Å². The van der Waals surface area contributed by atoms with Gasteiger partial charge in [-0.3, -0.25) is 0 Å². The first-order chi connectivity index (χ1) is 16.2. The molecule has 184 valence electrons. The minimum absolute atomic E-state index is 0.111. The fourth-order valence-electron chi connectivity index (χ4n) is 5.71. The Morgan fingerprint density at radius 1 is 0.788 bits per heavy atom. The lowest BCUT2D eigenvalue weighted by Gasteiger charge is -2.28. The molecule has 1 saturated carbocycles. The summed E-state index contributed by atoms with van der Waals surface area (Å²) in [6.45, 7) is 4.55. The summed E-state index contributed by atoms with van der Waals surface area (Å²) in [7, 11) is 0. The molecule has 1 aromatic carbocycles. The molecule has 1 fully saturated rings. The molecule has 0 N–H and O–H groups in total. The van der Waals surface area contributed by atoms with Gasteiger partial charge in [-0.05, 0) is 80.1 Å². The Kier molecular flexibility index (Phi) is 11.6. The van der Waals surface area contributed by atoms with E-state index in [1.54, 1.807) is 0 Å². The van der Waals surface area contributed by atoms with Crippen LogP contribution in [0.15, 0.2) is 30.3 Å². The monoisotopic (exact) mass is 452 g/mol. The van der Waals surface area contributed by atoms with Gasteiger partial charge in [0.25, 0.3) is 0 Å². The summed E-state index contributed by atoms with van der Waals surface area (Å²) in [5.74, 6) is 1.57. The number of hydrogen-bond acceptors (Lipinski definition) is 2. The van der Waals surface area contributed by atoms with Crippen molar-refractivity contribution in [1.82, 2.24) is 0 Å². The van der Waals surface area contributed by atoms with E-state index < -0.39 is 0 Å². The van der Waals surface area contributed by atoms with Crippen molar-refractivity contribution >= 4 is 11.5 Å². The predicted molar refractivity (Wildman–Crippen MR) is 140 cm³/mol. The molecule has 2 nitrogen and oxygen atoms in total. The Morgan fingerprint density at radius 2 is 1.42 bits per heavy atom. The maximum absolute atomic E-state index is 12.7. The van der Waals surface area contributed by atoms with Gasteiger partial charge in [0.15, 0.2) is 0 Å². The third kappa shape index (κ3) is 8.95. The molecule has 33 heavy (non-hydrogen) atoms. The molecule has 0 heterocycles. The minimum Gasteiger partial charge on any atom is -0.459 e. The fourth-order valence-corrected chi connectivity index (χ4v) is 5.71. The van der Waals surface area contributed by atoms with Crippen molar-refractivity contribution in [3.05, 3.63) is 41.5 Å². The molecule has 0 aliphatic heterocycles. The highest BCUT2D eigenvalue weighted by Crippen LogP contribution is 2.33. The van der Waals surface area contributed by atoms with Gasteiger partial charge in [0.05, 0.1) is 5.56 Å². The van der Waals surface area contributed by atoms with Gasteiger partial charge in [-0.2, -0.15) is 0 Å². The SMILES string of the molecule is CCCCCCC1CC=C(c2ccc(C(=O)OC3CCC(CCCCCC)CC3)cc2)CC1. The number of unbranched alkanes of at least 4 members (excludes halogenated alkanes) is 6. The topological polar surface area (TPSA) is 26.3 Å². The number of ether oxygens (including phenoxy) is 1. The zero-order valence-corrected chi connectivity index (χ0v) is 21.5. The van der Waals surface area contributed by atoms with Crippen molar-refractivity contribution < 1.29 is 9.53 Å². The lowest BCUT2D eigenvalue weighted by molar-refractivity contribution is 0.0161. The van der Waals surface area contributed by atoms with Gasteiger partial charge in [-0.25, -0.2) is 4.79 Å². The second-order valence-corrected chi connectivity index (χ2v) is 10.7. The number of allylic oxidation sites excluding steroid dienone is 2. The third-order valence-electron chi connectivity index (χ3n) is 8.01. The molecule has 2 heteroatoms. The summed E-state index contributed by atoms with van der Waals surface area (Å²) in [5, 5.41) is 0. The molecule has 0 radical (unpaired) electrons. The Balaban J connectivity index is 1.38. The molecule has 1 aromatic rings. The number of benzene rings is 1. The van der Waals surface area contributed by atoms with Crippen LogP contribution in [0.1, 0.15) is 139 Å². The molecule has 0 spiro atoms. The quantitative estimate of drug-likeness (QED) is 0.220. The van der Waals surface area contributed by atoms with Crippen LogP contribution in [0.4, 0.5) is 0 Å². The van der Waals surface area contributed by atoms with Crippen LogP contribution in [0.25, 0.3) is 5.57 Å². The highest BCUT2D eigenvalue weighted by molar-refractivity contribution is 5.90. The van der Waals surface area contributed by atoms with E-state index in [2.05, 4.69) is 32.1 Å². The van der Waals surface area contributed by atoms with Gasteiger partial charge in [0.1, 0.15) is 6.10 Å². The van der Waals surface area contributed by atoms with Crippen LogP contribution in [-0.4, -0.2) is 12.1 Å². The van der Waals surface area contributed by atoms with Gasteiger partial charge in [0, 0.05) is 0 Å². The molecule has 0 amide bonds. The standard InChI is InChI=1S/C31H48O2/c1-3-5-7-9-11-25-13-17-27(18-14-25)28-19-21-29(22-20-28)31(32)33-30-23-15-26(16-24-30)12-10-8-6-4-2/h17,19-22,25-26,30H,3-16,18,23-24H2,1-2H3. The van der Waals surface area contributed by atoms with E-state index in [9.17, 15) is 4.79 Å². The number of carbonyl (C=O) groups is 1. The van der Waals surface area contributed by atoms with E-state index in [0.717, 1.165) is 24.7 Å². The Hall–Kier alpha value is -1.57. The van der Waals surface area contributed by atoms with Crippen LogP contribution in [0.3, 0.4) is 0 Å². The molecule has 0 bridgehead atoms. The molecular formula is C31H48O2. The molecular weight excluding hydrogens is 404 g/mol. The Bertz CT molecular complexity index is 709. The van der Waals surface area contributed by atoms with Gasteiger partial charge in [0.2, 0.25) is 0 Å². The maximum Gasteiger partial charge on any atom is 0.338 e. The lowest BCUT2D eigenvalue weighted by atomic mass is 9.83. The van der Waals surface area contributed by atoms with Crippen LogP contribution in [0, 0.1) is 11.8 Å². The Morgan fingerprint density at radius 3 is 2.00 bits per heavy atom. The van der Waals surface area contributed by atoms with Crippen molar-refractivity contribution in [2.24, 2.45) is 11.8 Å². The summed E-state index contributed by atoms with van der Waals surface area (Å²) in [5.41, 5.74) is 3.43. The van der Waals surface area contributed by atoms with Crippen molar-refractivity contribution in [3.63, 3.8) is 0 Å². The van der Waals surface area contributed by atoms with Crippen molar-refractivity contribution in [2.75, 3.05) is 0 Å². The third-order valence-corrected chi connectivity index (χ3v) is 8.01. The molecule has 2 aliphatic carbocycles. The average molecular weight is 453 g/mol. The lowest BCUT2D eigenvalue weighted by Crippen LogP contribution is -2.24. The normalized spacial score (nSPS) is 23.2. The molecule has 0 saturated heterocycles. The van der Waals surface area contributed by atoms with Crippen LogP contribution in [0.5, 0.6) is 0 Å². The number of carbonyl (C=O) groups excluding carboxylic acids is 1. The second-order valence-electron chi connectivity index (χ2n) is 10.7. The van der Waals surface area contributed by atoms with E-state index in [4.69, 9.17) is 4.74 Å². The summed E-state index contributed by atoms with van der Waals surface area (Å²) in [6, 6.07) is 8.18. The summed E-state index contributed by atoms with van der Waals surface area (Å²) >= 11 is 0. The molecule has 2 aliphatic rings. The van der Waals surface area contributed by atoms with E-state index in [1.807, 2.05) is 12.1 Å². The fraction of sp³-hybridized carbons (Fsp3) is 0.710. The predicted octanol–water partition coefficient (Wildman–Crippen LogP) is 9.53.